The first-order valence-corrected chi connectivity index (χ1v) is 7.91. The first-order chi connectivity index (χ1) is 10.7. The summed E-state index contributed by atoms with van der Waals surface area (Å²) in [5.41, 5.74) is 2.54. The van der Waals surface area contributed by atoms with Crippen LogP contribution in [-0.4, -0.2) is 10.9 Å². The zero-order valence-electron chi connectivity index (χ0n) is 12.4. The number of anilines is 1. The molecule has 112 valence electrons. The Kier molecular flexibility index (Phi) is 4.06. The molecule has 0 unspecified atom stereocenters. The van der Waals surface area contributed by atoms with Gasteiger partial charge in [0.25, 0.3) is 5.91 Å². The molecule has 2 heterocycles. The number of hydrogen-bond donors (Lipinski definition) is 1. The largest absolute Gasteiger partial charge is 0.469 e. The number of carbonyl (C=O) groups excluding carboxylic acids is 1. The number of benzene rings is 1. The first-order valence-electron chi connectivity index (χ1n) is 7.09. The predicted octanol–water partition coefficient (Wildman–Crippen LogP) is 4.53. The van der Waals surface area contributed by atoms with E-state index in [2.05, 4.69) is 17.2 Å². The van der Waals surface area contributed by atoms with Gasteiger partial charge in [0.05, 0.1) is 17.5 Å². The highest BCUT2D eigenvalue weighted by Crippen LogP contribution is 2.31. The van der Waals surface area contributed by atoms with Gasteiger partial charge in [0, 0.05) is 10.4 Å². The molecule has 0 aliphatic rings. The van der Waals surface area contributed by atoms with E-state index in [0.29, 0.717) is 16.5 Å². The minimum atomic E-state index is -0.192. The van der Waals surface area contributed by atoms with E-state index in [-0.39, 0.29) is 5.91 Å². The van der Waals surface area contributed by atoms with Crippen molar-refractivity contribution in [3.8, 4) is 11.3 Å². The molecule has 5 heteroatoms. The van der Waals surface area contributed by atoms with Crippen LogP contribution in [0.25, 0.3) is 11.3 Å². The first kappa shape index (κ1) is 14.5. The molecule has 1 amide bonds. The fraction of sp³-hybridized carbons (Fsp3) is 0.176. The third-order valence-corrected chi connectivity index (χ3v) is 4.50. The lowest BCUT2D eigenvalue weighted by molar-refractivity contribution is 0.102. The van der Waals surface area contributed by atoms with Crippen LogP contribution < -0.4 is 5.32 Å². The summed E-state index contributed by atoms with van der Waals surface area (Å²) in [6.45, 7) is 3.86. The molecule has 0 fully saturated rings. The quantitative estimate of drug-likeness (QED) is 0.770. The third-order valence-electron chi connectivity index (χ3n) is 3.39. The molecule has 0 atom stereocenters. The molecule has 0 saturated carbocycles. The lowest BCUT2D eigenvalue weighted by atomic mass is 10.1. The number of carbonyl (C=O) groups is 1. The van der Waals surface area contributed by atoms with E-state index in [1.807, 2.05) is 30.3 Å². The molecule has 1 N–H and O–H groups in total. The van der Waals surface area contributed by atoms with Gasteiger partial charge in [-0.1, -0.05) is 37.3 Å². The van der Waals surface area contributed by atoms with E-state index in [1.54, 1.807) is 13.0 Å². The number of nitrogens with zero attached hydrogens (tertiary/aromatic N) is 1. The van der Waals surface area contributed by atoms with Gasteiger partial charge < -0.3 is 4.42 Å². The lowest BCUT2D eigenvalue weighted by Gasteiger charge is -2.00. The molecule has 0 spiro atoms. The standard InChI is InChI=1S/C17H16N2O2S/c1-3-14-15(12-7-5-4-6-8-12)18-17(22-14)19-16(20)13-9-10-21-11(13)2/h4-10H,3H2,1-2H3,(H,18,19,20). The molecule has 3 aromatic rings. The van der Waals surface area contributed by atoms with Crippen molar-refractivity contribution in [2.45, 2.75) is 20.3 Å². The molecule has 0 aliphatic carbocycles. The summed E-state index contributed by atoms with van der Waals surface area (Å²) in [4.78, 5) is 18.0. The Hall–Kier alpha value is -2.40. The van der Waals surface area contributed by atoms with E-state index >= 15 is 0 Å². The van der Waals surface area contributed by atoms with Crippen molar-refractivity contribution < 1.29 is 9.21 Å². The number of aryl methyl sites for hydroxylation is 2. The zero-order chi connectivity index (χ0) is 15.5. The van der Waals surface area contributed by atoms with Crippen LogP contribution in [0.1, 0.15) is 27.9 Å². The maximum atomic E-state index is 12.2. The van der Waals surface area contributed by atoms with Gasteiger partial charge in [-0.2, -0.15) is 0 Å². The molecule has 1 aromatic carbocycles. The summed E-state index contributed by atoms with van der Waals surface area (Å²) in [6, 6.07) is 11.7. The van der Waals surface area contributed by atoms with Gasteiger partial charge in [-0.15, -0.1) is 11.3 Å². The van der Waals surface area contributed by atoms with Gasteiger partial charge in [0.15, 0.2) is 5.13 Å². The molecule has 22 heavy (non-hydrogen) atoms. The SMILES string of the molecule is CCc1sc(NC(=O)c2ccoc2C)nc1-c1ccccc1. The van der Waals surface area contributed by atoms with E-state index in [1.165, 1.54) is 17.6 Å². The van der Waals surface area contributed by atoms with Crippen LogP contribution in [0.4, 0.5) is 5.13 Å². The normalized spacial score (nSPS) is 10.6. The van der Waals surface area contributed by atoms with Gasteiger partial charge >= 0.3 is 0 Å². The zero-order valence-corrected chi connectivity index (χ0v) is 13.2. The second-order valence-corrected chi connectivity index (χ2v) is 5.94. The van der Waals surface area contributed by atoms with Gasteiger partial charge in [0.1, 0.15) is 5.76 Å². The van der Waals surface area contributed by atoms with Crippen LogP contribution >= 0.6 is 11.3 Å². The predicted molar refractivity (Wildman–Crippen MR) is 88.3 cm³/mol. The Labute approximate surface area is 132 Å². The van der Waals surface area contributed by atoms with E-state index in [0.717, 1.165) is 22.6 Å². The van der Waals surface area contributed by atoms with Gasteiger partial charge in [-0.05, 0) is 19.4 Å². The van der Waals surface area contributed by atoms with Crippen molar-refractivity contribution in [2.24, 2.45) is 0 Å². The topological polar surface area (TPSA) is 55.1 Å². The number of furan rings is 1. The van der Waals surface area contributed by atoms with E-state index in [4.69, 9.17) is 4.42 Å². The highest BCUT2D eigenvalue weighted by molar-refractivity contribution is 7.16. The second kappa shape index (κ2) is 6.15. The molecule has 2 aromatic heterocycles. The maximum Gasteiger partial charge on any atom is 0.260 e. The fourth-order valence-electron chi connectivity index (χ4n) is 2.25. The highest BCUT2D eigenvalue weighted by atomic mass is 32.1. The number of thiazole rings is 1. The number of aromatic nitrogens is 1. The van der Waals surface area contributed by atoms with Crippen LogP contribution in [0.3, 0.4) is 0 Å². The van der Waals surface area contributed by atoms with Crippen molar-refractivity contribution >= 4 is 22.4 Å². The van der Waals surface area contributed by atoms with Crippen molar-refractivity contribution in [3.05, 3.63) is 58.9 Å². The minimum absolute atomic E-state index is 0.192. The summed E-state index contributed by atoms with van der Waals surface area (Å²) in [7, 11) is 0. The van der Waals surface area contributed by atoms with Crippen molar-refractivity contribution in [1.29, 1.82) is 0 Å². The average molecular weight is 312 g/mol. The van der Waals surface area contributed by atoms with Crippen LogP contribution in [-0.2, 0) is 6.42 Å². The molecular formula is C17H16N2O2S. The molecule has 0 radical (unpaired) electrons. The lowest BCUT2D eigenvalue weighted by Crippen LogP contribution is -2.11. The van der Waals surface area contributed by atoms with Gasteiger partial charge in [-0.3, -0.25) is 10.1 Å². The summed E-state index contributed by atoms with van der Waals surface area (Å²) in [5.74, 6) is 0.412. The van der Waals surface area contributed by atoms with Gasteiger partial charge in [0.2, 0.25) is 0 Å². The summed E-state index contributed by atoms with van der Waals surface area (Å²) < 4.78 is 5.16. The second-order valence-electron chi connectivity index (χ2n) is 4.85. The monoisotopic (exact) mass is 312 g/mol. The highest BCUT2D eigenvalue weighted by Gasteiger charge is 2.16. The van der Waals surface area contributed by atoms with Crippen LogP contribution in [0.5, 0.6) is 0 Å². The molecule has 4 nitrogen and oxygen atoms in total. The van der Waals surface area contributed by atoms with Crippen LogP contribution in [0.15, 0.2) is 47.1 Å². The third kappa shape index (κ3) is 2.80. The maximum absolute atomic E-state index is 12.2. The minimum Gasteiger partial charge on any atom is -0.469 e. The Morgan fingerprint density at radius 3 is 2.68 bits per heavy atom. The molecule has 0 bridgehead atoms. The Morgan fingerprint density at radius 1 is 1.27 bits per heavy atom. The average Bonchev–Trinajstić information content (AvgIpc) is 3.14. The van der Waals surface area contributed by atoms with E-state index < -0.39 is 0 Å². The Bertz CT molecular complexity index is 790. The van der Waals surface area contributed by atoms with Crippen LogP contribution in [0, 0.1) is 6.92 Å². The summed E-state index contributed by atoms with van der Waals surface area (Å²) in [5, 5.41) is 3.47. The Balaban J connectivity index is 1.88. The van der Waals surface area contributed by atoms with Crippen molar-refractivity contribution in [2.75, 3.05) is 5.32 Å². The summed E-state index contributed by atoms with van der Waals surface area (Å²) >= 11 is 1.51. The number of hydrogen-bond acceptors (Lipinski definition) is 4. The van der Waals surface area contributed by atoms with E-state index in [9.17, 15) is 4.79 Å². The van der Waals surface area contributed by atoms with Crippen molar-refractivity contribution in [1.82, 2.24) is 4.98 Å². The summed E-state index contributed by atoms with van der Waals surface area (Å²) in [6.07, 6.45) is 2.39. The van der Waals surface area contributed by atoms with Crippen LogP contribution in [0.2, 0.25) is 0 Å². The van der Waals surface area contributed by atoms with Gasteiger partial charge in [-0.25, -0.2) is 4.98 Å². The number of rotatable bonds is 4. The number of amides is 1. The fourth-order valence-corrected chi connectivity index (χ4v) is 3.17. The molecular weight excluding hydrogens is 296 g/mol. The molecule has 0 saturated heterocycles. The molecule has 0 aliphatic heterocycles. The smallest absolute Gasteiger partial charge is 0.260 e. The molecule has 3 rings (SSSR count). The number of nitrogens with one attached hydrogen (secondary N) is 1. The van der Waals surface area contributed by atoms with Crippen molar-refractivity contribution in [3.63, 3.8) is 0 Å². The Morgan fingerprint density at radius 2 is 2.05 bits per heavy atom.